The Hall–Kier alpha value is -4.10. The van der Waals surface area contributed by atoms with Gasteiger partial charge in [-0.05, 0) is 83.4 Å². The van der Waals surface area contributed by atoms with Gasteiger partial charge >= 0.3 is 0 Å². The number of hydrogen-bond acceptors (Lipinski definition) is 4. The Bertz CT molecular complexity index is 1570. The number of thiocarbonyl (C=S) groups is 1. The third kappa shape index (κ3) is 4.76. The van der Waals surface area contributed by atoms with E-state index in [1.165, 1.54) is 5.56 Å². The van der Waals surface area contributed by atoms with Crippen LogP contribution in [-0.2, 0) is 0 Å². The SMILES string of the molecule is Cc1cc2nn(-c3ccc(C(C)C)cc3)nc2cc1NC(=S)NC(=O)c1ccc2ccccc2c1. The molecule has 0 saturated heterocycles. The number of rotatable bonds is 4. The Kier molecular flexibility index (Phi) is 6.01. The number of aromatic nitrogens is 3. The van der Waals surface area contributed by atoms with Crippen molar-refractivity contribution >= 4 is 50.7 Å². The molecule has 35 heavy (non-hydrogen) atoms. The summed E-state index contributed by atoms with van der Waals surface area (Å²) in [6.45, 7) is 6.30. The summed E-state index contributed by atoms with van der Waals surface area (Å²) in [6.07, 6.45) is 0. The van der Waals surface area contributed by atoms with Gasteiger partial charge in [-0.25, -0.2) is 0 Å². The highest BCUT2D eigenvalue weighted by molar-refractivity contribution is 7.80. The average Bonchev–Trinajstić information content (AvgIpc) is 3.26. The molecule has 2 N–H and O–H groups in total. The predicted molar refractivity (Wildman–Crippen MR) is 145 cm³/mol. The van der Waals surface area contributed by atoms with Gasteiger partial charge in [-0.1, -0.05) is 56.3 Å². The van der Waals surface area contributed by atoms with Gasteiger partial charge in [0.25, 0.3) is 5.91 Å². The second-order valence-electron chi connectivity index (χ2n) is 8.86. The summed E-state index contributed by atoms with van der Waals surface area (Å²) in [6, 6.07) is 25.6. The summed E-state index contributed by atoms with van der Waals surface area (Å²) in [5, 5.41) is 17.5. The summed E-state index contributed by atoms with van der Waals surface area (Å²) >= 11 is 5.42. The molecule has 4 aromatic carbocycles. The Labute approximate surface area is 209 Å². The maximum Gasteiger partial charge on any atom is 0.257 e. The van der Waals surface area contributed by atoms with Crippen molar-refractivity contribution in [1.82, 2.24) is 20.3 Å². The van der Waals surface area contributed by atoms with Gasteiger partial charge in [-0.15, -0.1) is 10.2 Å². The number of benzene rings is 4. The van der Waals surface area contributed by atoms with Gasteiger partial charge in [0.15, 0.2) is 5.11 Å². The molecule has 1 heterocycles. The Morgan fingerprint density at radius 3 is 2.29 bits per heavy atom. The molecular formula is C28H25N5OS. The van der Waals surface area contributed by atoms with E-state index in [2.05, 4.69) is 46.8 Å². The minimum absolute atomic E-state index is 0.224. The summed E-state index contributed by atoms with van der Waals surface area (Å²) in [5.74, 6) is 0.207. The highest BCUT2D eigenvalue weighted by Gasteiger charge is 2.12. The number of nitrogens with one attached hydrogen (secondary N) is 2. The number of fused-ring (bicyclic) bond motifs is 2. The molecule has 5 rings (SSSR count). The maximum absolute atomic E-state index is 12.7. The topological polar surface area (TPSA) is 71.8 Å². The van der Waals surface area contributed by atoms with Crippen molar-refractivity contribution in [3.63, 3.8) is 0 Å². The molecule has 0 radical (unpaired) electrons. The van der Waals surface area contributed by atoms with Crippen LogP contribution >= 0.6 is 12.2 Å². The van der Waals surface area contributed by atoms with Crippen LogP contribution in [0.2, 0.25) is 0 Å². The number of aryl methyl sites for hydroxylation is 1. The van der Waals surface area contributed by atoms with Crippen molar-refractivity contribution in [3.05, 3.63) is 95.6 Å². The third-order valence-electron chi connectivity index (χ3n) is 6.00. The van der Waals surface area contributed by atoms with Crippen LogP contribution < -0.4 is 10.6 Å². The number of amides is 1. The normalized spacial score (nSPS) is 11.2. The molecule has 0 unspecified atom stereocenters. The Balaban J connectivity index is 1.33. The Morgan fingerprint density at radius 2 is 1.57 bits per heavy atom. The van der Waals surface area contributed by atoms with E-state index in [4.69, 9.17) is 12.2 Å². The van der Waals surface area contributed by atoms with Crippen LogP contribution in [0.25, 0.3) is 27.5 Å². The van der Waals surface area contributed by atoms with E-state index in [0.29, 0.717) is 11.5 Å². The fourth-order valence-corrected chi connectivity index (χ4v) is 4.17. The van der Waals surface area contributed by atoms with Crippen molar-refractivity contribution < 1.29 is 4.79 Å². The van der Waals surface area contributed by atoms with E-state index in [-0.39, 0.29) is 11.0 Å². The number of carbonyl (C=O) groups is 1. The quantitative estimate of drug-likeness (QED) is 0.303. The van der Waals surface area contributed by atoms with Gasteiger partial charge in [0.1, 0.15) is 11.0 Å². The van der Waals surface area contributed by atoms with E-state index in [0.717, 1.165) is 38.7 Å². The standard InChI is InChI=1S/C28H25N5OS/c1-17(2)19-10-12-23(13-11-19)33-31-25-14-18(3)24(16-26(25)32-33)29-28(35)30-27(34)22-9-8-20-6-4-5-7-21(20)15-22/h4-17H,1-3H3,(H2,29,30,34,35). The molecule has 6 nitrogen and oxygen atoms in total. The first kappa shape index (κ1) is 22.7. The fourth-order valence-electron chi connectivity index (χ4n) is 3.97. The second kappa shape index (κ2) is 9.27. The molecule has 0 aliphatic heterocycles. The van der Waals surface area contributed by atoms with Crippen molar-refractivity contribution in [1.29, 1.82) is 0 Å². The zero-order valence-electron chi connectivity index (χ0n) is 19.7. The molecule has 0 aliphatic carbocycles. The van der Waals surface area contributed by atoms with E-state index in [9.17, 15) is 4.79 Å². The van der Waals surface area contributed by atoms with Gasteiger partial charge in [0.05, 0.1) is 5.69 Å². The monoisotopic (exact) mass is 479 g/mol. The molecule has 174 valence electrons. The molecule has 0 bridgehead atoms. The van der Waals surface area contributed by atoms with Crippen LogP contribution in [0.15, 0.2) is 78.9 Å². The van der Waals surface area contributed by atoms with Gasteiger partial charge in [0.2, 0.25) is 0 Å². The van der Waals surface area contributed by atoms with Crippen LogP contribution in [0.1, 0.15) is 41.3 Å². The molecule has 7 heteroatoms. The van der Waals surface area contributed by atoms with Crippen LogP contribution in [0, 0.1) is 6.92 Å². The molecule has 0 fully saturated rings. The van der Waals surface area contributed by atoms with E-state index >= 15 is 0 Å². The molecule has 0 spiro atoms. The van der Waals surface area contributed by atoms with Gasteiger partial charge in [-0.2, -0.15) is 4.80 Å². The van der Waals surface area contributed by atoms with Crippen LogP contribution in [0.5, 0.6) is 0 Å². The summed E-state index contributed by atoms with van der Waals surface area (Å²) < 4.78 is 0. The molecule has 5 aromatic rings. The van der Waals surface area contributed by atoms with Crippen molar-refractivity contribution in [2.75, 3.05) is 5.32 Å². The lowest BCUT2D eigenvalue weighted by atomic mass is 10.0. The molecular weight excluding hydrogens is 454 g/mol. The molecule has 0 atom stereocenters. The minimum Gasteiger partial charge on any atom is -0.332 e. The first-order valence-electron chi connectivity index (χ1n) is 11.5. The molecule has 0 aliphatic rings. The van der Waals surface area contributed by atoms with Crippen LogP contribution in [0.3, 0.4) is 0 Å². The smallest absolute Gasteiger partial charge is 0.257 e. The first-order valence-corrected chi connectivity index (χ1v) is 11.9. The third-order valence-corrected chi connectivity index (χ3v) is 6.21. The van der Waals surface area contributed by atoms with Crippen LogP contribution in [0.4, 0.5) is 5.69 Å². The Morgan fingerprint density at radius 1 is 0.886 bits per heavy atom. The largest absolute Gasteiger partial charge is 0.332 e. The van der Waals surface area contributed by atoms with E-state index in [1.54, 1.807) is 10.9 Å². The lowest BCUT2D eigenvalue weighted by Crippen LogP contribution is -2.34. The van der Waals surface area contributed by atoms with Crippen molar-refractivity contribution in [2.24, 2.45) is 0 Å². The first-order chi connectivity index (χ1) is 16.9. The van der Waals surface area contributed by atoms with E-state index in [1.807, 2.05) is 67.6 Å². The number of nitrogens with zero attached hydrogens (tertiary/aromatic N) is 3. The van der Waals surface area contributed by atoms with Crippen molar-refractivity contribution in [2.45, 2.75) is 26.7 Å². The summed E-state index contributed by atoms with van der Waals surface area (Å²) in [7, 11) is 0. The number of hydrogen-bond donors (Lipinski definition) is 2. The fraction of sp³-hybridized carbons (Fsp3) is 0.143. The molecule has 1 aromatic heterocycles. The lowest BCUT2D eigenvalue weighted by Gasteiger charge is -2.12. The minimum atomic E-state index is -0.261. The summed E-state index contributed by atoms with van der Waals surface area (Å²) in [5.41, 5.74) is 5.95. The lowest BCUT2D eigenvalue weighted by molar-refractivity contribution is 0.0978. The van der Waals surface area contributed by atoms with Gasteiger partial charge in [0, 0.05) is 11.3 Å². The van der Waals surface area contributed by atoms with Crippen LogP contribution in [-0.4, -0.2) is 26.0 Å². The second-order valence-corrected chi connectivity index (χ2v) is 9.27. The molecule has 0 saturated carbocycles. The molecule has 1 amide bonds. The van der Waals surface area contributed by atoms with Gasteiger partial charge < -0.3 is 5.32 Å². The maximum atomic E-state index is 12.7. The van der Waals surface area contributed by atoms with Gasteiger partial charge in [-0.3, -0.25) is 10.1 Å². The number of carbonyl (C=O) groups excluding carboxylic acids is 1. The zero-order valence-corrected chi connectivity index (χ0v) is 20.6. The summed E-state index contributed by atoms with van der Waals surface area (Å²) in [4.78, 5) is 14.4. The highest BCUT2D eigenvalue weighted by atomic mass is 32.1. The highest BCUT2D eigenvalue weighted by Crippen LogP contribution is 2.23. The number of anilines is 1. The predicted octanol–water partition coefficient (Wildman–Crippen LogP) is 6.13. The average molecular weight is 480 g/mol. The van der Waals surface area contributed by atoms with E-state index < -0.39 is 0 Å². The van der Waals surface area contributed by atoms with Crippen molar-refractivity contribution in [3.8, 4) is 5.69 Å². The zero-order chi connectivity index (χ0) is 24.5.